The zero-order chi connectivity index (χ0) is 21.5. The molecule has 4 aromatic rings. The van der Waals surface area contributed by atoms with Crippen LogP contribution >= 0.6 is 11.3 Å². The van der Waals surface area contributed by atoms with E-state index in [0.29, 0.717) is 28.3 Å². The highest BCUT2D eigenvalue weighted by Crippen LogP contribution is 2.38. The number of aryl methyl sites for hydroxylation is 2. The first-order valence-corrected chi connectivity index (χ1v) is 9.89. The summed E-state index contributed by atoms with van der Waals surface area (Å²) >= 11 is 1.04. The minimum absolute atomic E-state index is 0.165. The van der Waals surface area contributed by atoms with Gasteiger partial charge < -0.3 is 4.42 Å². The van der Waals surface area contributed by atoms with Gasteiger partial charge in [-0.25, -0.2) is 4.98 Å². The Labute approximate surface area is 173 Å². The molecule has 1 aromatic carbocycles. The number of furan rings is 1. The average Bonchev–Trinajstić information content (AvgIpc) is 3.40. The number of benzene rings is 1. The maximum absolute atomic E-state index is 13.4. The number of carbonyl (C=O) groups is 1. The summed E-state index contributed by atoms with van der Waals surface area (Å²) in [6.45, 7) is 3.94. The normalized spacial score (nSPS) is 11.9. The van der Waals surface area contributed by atoms with E-state index >= 15 is 0 Å². The Morgan fingerprint density at radius 1 is 1.27 bits per heavy atom. The molecule has 0 spiro atoms. The number of thiazole rings is 1. The van der Waals surface area contributed by atoms with Gasteiger partial charge in [0.05, 0.1) is 27.9 Å². The lowest BCUT2D eigenvalue weighted by Gasteiger charge is -2.19. The van der Waals surface area contributed by atoms with Crippen LogP contribution in [0.25, 0.3) is 10.2 Å². The maximum atomic E-state index is 13.4. The number of anilines is 1. The minimum Gasteiger partial charge on any atom is -0.466 e. The molecule has 4 rings (SSSR count). The molecular weight excluding hydrogens is 417 g/mol. The van der Waals surface area contributed by atoms with E-state index in [1.54, 1.807) is 49.1 Å². The Balaban J connectivity index is 1.77. The highest BCUT2D eigenvalue weighted by Gasteiger charge is 2.34. The van der Waals surface area contributed by atoms with Crippen LogP contribution in [0.5, 0.6) is 0 Å². The molecule has 0 aliphatic rings. The number of alkyl halides is 3. The molecule has 0 radical (unpaired) electrons. The molecule has 0 aliphatic carbocycles. The van der Waals surface area contributed by atoms with E-state index < -0.39 is 11.7 Å². The summed E-state index contributed by atoms with van der Waals surface area (Å²) in [5.41, 5.74) is -0.637. The van der Waals surface area contributed by atoms with Crippen molar-refractivity contribution in [3.8, 4) is 0 Å². The number of aromatic nitrogens is 3. The molecule has 3 heterocycles. The van der Waals surface area contributed by atoms with Crippen molar-refractivity contribution in [2.45, 2.75) is 26.6 Å². The highest BCUT2D eigenvalue weighted by atomic mass is 32.1. The molecule has 10 heteroatoms. The highest BCUT2D eigenvalue weighted by molar-refractivity contribution is 7.22. The molecule has 0 fully saturated rings. The van der Waals surface area contributed by atoms with E-state index in [1.165, 1.54) is 11.0 Å². The van der Waals surface area contributed by atoms with Gasteiger partial charge in [0.2, 0.25) is 0 Å². The van der Waals surface area contributed by atoms with Crippen LogP contribution in [0.4, 0.5) is 18.3 Å². The largest absolute Gasteiger partial charge is 0.466 e. The lowest BCUT2D eigenvalue weighted by atomic mass is 10.2. The van der Waals surface area contributed by atoms with E-state index in [0.717, 1.165) is 17.4 Å². The average molecular weight is 434 g/mol. The second-order valence-electron chi connectivity index (χ2n) is 6.70. The molecule has 0 saturated heterocycles. The third kappa shape index (κ3) is 3.82. The number of nitrogens with zero attached hydrogens (tertiary/aromatic N) is 4. The van der Waals surface area contributed by atoms with Crippen LogP contribution in [0.15, 0.2) is 47.1 Å². The van der Waals surface area contributed by atoms with E-state index in [9.17, 15) is 18.0 Å². The van der Waals surface area contributed by atoms with Crippen molar-refractivity contribution in [3.63, 3.8) is 0 Å². The zero-order valence-electron chi connectivity index (χ0n) is 16.1. The Morgan fingerprint density at radius 3 is 2.70 bits per heavy atom. The van der Waals surface area contributed by atoms with Crippen LogP contribution in [0.3, 0.4) is 0 Å². The van der Waals surface area contributed by atoms with Crippen molar-refractivity contribution in [3.05, 3.63) is 65.4 Å². The molecule has 0 N–H and O–H groups in total. The van der Waals surface area contributed by atoms with Crippen molar-refractivity contribution < 1.29 is 22.4 Å². The lowest BCUT2D eigenvalue weighted by molar-refractivity contribution is -0.136. The Bertz CT molecular complexity index is 1190. The first kappa shape index (κ1) is 20.1. The smallest absolute Gasteiger partial charge is 0.418 e. The summed E-state index contributed by atoms with van der Waals surface area (Å²) in [4.78, 5) is 18.9. The number of fused-ring (bicyclic) bond motifs is 1. The second-order valence-corrected chi connectivity index (χ2v) is 7.71. The number of para-hydroxylation sites is 1. The topological polar surface area (TPSA) is 64.2 Å². The fourth-order valence-corrected chi connectivity index (χ4v) is 4.21. The van der Waals surface area contributed by atoms with Crippen molar-refractivity contribution >= 4 is 32.6 Å². The van der Waals surface area contributed by atoms with E-state index in [1.807, 2.05) is 0 Å². The minimum atomic E-state index is -4.53. The van der Waals surface area contributed by atoms with Crippen LogP contribution in [0.1, 0.15) is 27.4 Å². The van der Waals surface area contributed by atoms with Gasteiger partial charge in [0.25, 0.3) is 5.91 Å². The summed E-state index contributed by atoms with van der Waals surface area (Å²) in [5, 5.41) is 4.31. The molecule has 30 heavy (non-hydrogen) atoms. The molecule has 0 bridgehead atoms. The predicted molar refractivity (Wildman–Crippen MR) is 107 cm³/mol. The molecule has 0 saturated carbocycles. The zero-order valence-corrected chi connectivity index (χ0v) is 16.9. The van der Waals surface area contributed by atoms with Gasteiger partial charge in [-0.15, -0.1) is 0 Å². The third-order valence-electron chi connectivity index (χ3n) is 4.57. The summed E-state index contributed by atoms with van der Waals surface area (Å²) in [6, 6.07) is 7.27. The second kappa shape index (κ2) is 7.60. The van der Waals surface area contributed by atoms with Crippen LogP contribution in [0.2, 0.25) is 0 Å². The fourth-order valence-electron chi connectivity index (χ4n) is 3.19. The van der Waals surface area contributed by atoms with Crippen LogP contribution in [0, 0.1) is 13.8 Å². The summed E-state index contributed by atoms with van der Waals surface area (Å²) in [7, 11) is 0. The lowest BCUT2D eigenvalue weighted by Crippen LogP contribution is -2.34. The molecule has 6 nitrogen and oxygen atoms in total. The Hall–Kier alpha value is -3.14. The van der Waals surface area contributed by atoms with Crippen LogP contribution in [-0.4, -0.2) is 27.2 Å². The van der Waals surface area contributed by atoms with Gasteiger partial charge in [-0.2, -0.15) is 18.3 Å². The van der Waals surface area contributed by atoms with E-state index in [-0.39, 0.29) is 23.1 Å². The monoisotopic (exact) mass is 434 g/mol. The summed E-state index contributed by atoms with van der Waals surface area (Å²) in [5.74, 6) is 0.634. The van der Waals surface area contributed by atoms with E-state index in [4.69, 9.17) is 4.42 Å². The van der Waals surface area contributed by atoms with Crippen LogP contribution < -0.4 is 4.90 Å². The molecule has 0 unspecified atom stereocenters. The molecule has 0 atom stereocenters. The van der Waals surface area contributed by atoms with E-state index in [2.05, 4.69) is 10.1 Å². The number of hydrogen-bond donors (Lipinski definition) is 0. The fraction of sp³-hybridized carbons (Fsp3) is 0.250. The van der Waals surface area contributed by atoms with Crippen molar-refractivity contribution in [2.75, 3.05) is 11.4 Å². The Kier molecular flexibility index (Phi) is 5.10. The van der Waals surface area contributed by atoms with Gasteiger partial charge in [-0.1, -0.05) is 17.4 Å². The third-order valence-corrected chi connectivity index (χ3v) is 5.62. The molecule has 156 valence electrons. The molecule has 0 aliphatic heterocycles. The molecular formula is C20H17F3N4O2S. The predicted octanol–water partition coefficient (Wildman–Crippen LogP) is 5.07. The van der Waals surface area contributed by atoms with Crippen molar-refractivity contribution in [2.24, 2.45) is 0 Å². The van der Waals surface area contributed by atoms with Gasteiger partial charge in [0, 0.05) is 18.9 Å². The number of carbonyl (C=O) groups excluding carboxylic acids is 1. The SMILES string of the molecule is Cc1cc(C(=O)N(CCn2cccn2)c2nc3c(C(F)(F)F)cccc3s2)c(C)o1. The standard InChI is InChI=1S/C20H17F3N4O2S/c1-12-11-14(13(2)29-12)18(28)27(10-9-26-8-4-7-24-26)19-25-17-15(20(21,22)23)5-3-6-16(17)30-19/h3-8,11H,9-10H2,1-2H3. The quantitative estimate of drug-likeness (QED) is 0.440. The number of hydrogen-bond acceptors (Lipinski definition) is 5. The van der Waals surface area contributed by atoms with Gasteiger partial charge in [-0.3, -0.25) is 14.4 Å². The maximum Gasteiger partial charge on any atom is 0.418 e. The summed E-state index contributed by atoms with van der Waals surface area (Å²) in [6.07, 6.45) is -1.17. The Morgan fingerprint density at radius 2 is 2.07 bits per heavy atom. The van der Waals surface area contributed by atoms with Crippen LogP contribution in [-0.2, 0) is 12.7 Å². The van der Waals surface area contributed by atoms with Gasteiger partial charge in [-0.05, 0) is 38.1 Å². The van der Waals surface area contributed by atoms with Crippen molar-refractivity contribution in [1.29, 1.82) is 0 Å². The van der Waals surface area contributed by atoms with Gasteiger partial charge in [0.15, 0.2) is 5.13 Å². The first-order valence-electron chi connectivity index (χ1n) is 9.07. The summed E-state index contributed by atoms with van der Waals surface area (Å²) < 4.78 is 47.7. The number of rotatable bonds is 5. The molecule has 3 aromatic heterocycles. The van der Waals surface area contributed by atoms with Crippen molar-refractivity contribution in [1.82, 2.24) is 14.8 Å². The number of amides is 1. The van der Waals surface area contributed by atoms with Gasteiger partial charge >= 0.3 is 6.18 Å². The number of halogens is 3. The first-order chi connectivity index (χ1) is 14.2. The van der Waals surface area contributed by atoms with Gasteiger partial charge in [0.1, 0.15) is 11.5 Å². The molecule has 1 amide bonds.